The first-order valence-electron chi connectivity index (χ1n) is 6.29. The second-order valence-electron chi connectivity index (χ2n) is 5.04. The predicted molar refractivity (Wildman–Crippen MR) is 68.9 cm³/mol. The summed E-state index contributed by atoms with van der Waals surface area (Å²) in [6, 6.07) is 8.46. The van der Waals surface area contributed by atoms with Gasteiger partial charge >= 0.3 is 6.03 Å². The van der Waals surface area contributed by atoms with E-state index >= 15 is 0 Å². The minimum Gasteiger partial charge on any atom is -0.338 e. The van der Waals surface area contributed by atoms with Gasteiger partial charge in [-0.05, 0) is 29.9 Å². The van der Waals surface area contributed by atoms with Crippen molar-refractivity contribution >= 4 is 6.03 Å². The summed E-state index contributed by atoms with van der Waals surface area (Å²) in [5.41, 5.74) is 2.63. The maximum atomic E-state index is 11.7. The van der Waals surface area contributed by atoms with Crippen LogP contribution in [0.5, 0.6) is 0 Å². The first-order valence-corrected chi connectivity index (χ1v) is 6.29. The monoisotopic (exact) mass is 232 g/mol. The summed E-state index contributed by atoms with van der Waals surface area (Å²) in [7, 11) is 0. The van der Waals surface area contributed by atoms with Gasteiger partial charge in [-0.3, -0.25) is 0 Å². The number of nitrogens with one attached hydrogen (secondary N) is 2. The van der Waals surface area contributed by atoms with Crippen molar-refractivity contribution < 1.29 is 4.79 Å². The third-order valence-electron chi connectivity index (χ3n) is 3.11. The number of carbonyl (C=O) groups excluding carboxylic acids is 1. The van der Waals surface area contributed by atoms with Gasteiger partial charge in [-0.2, -0.15) is 0 Å². The molecule has 3 nitrogen and oxygen atoms in total. The van der Waals surface area contributed by atoms with Crippen LogP contribution in [0, 0.1) is 5.92 Å². The molecule has 92 valence electrons. The standard InChI is InChI=1S/C14H20N2O/c1-10(2)9-15-14(17)16-13-8-7-11-5-3-4-6-12(11)13/h3-6,10,13H,7-9H2,1-2H3,(H2,15,16,17)/t13-/m1/s1. The van der Waals surface area contributed by atoms with E-state index in [4.69, 9.17) is 0 Å². The fourth-order valence-corrected chi connectivity index (χ4v) is 2.21. The molecule has 17 heavy (non-hydrogen) atoms. The molecule has 0 saturated carbocycles. The molecule has 0 aliphatic heterocycles. The molecule has 0 spiro atoms. The lowest BCUT2D eigenvalue weighted by Crippen LogP contribution is -2.38. The van der Waals surface area contributed by atoms with Gasteiger partial charge in [0, 0.05) is 6.54 Å². The molecule has 0 aromatic heterocycles. The van der Waals surface area contributed by atoms with Crippen LogP contribution in [0.15, 0.2) is 24.3 Å². The molecule has 0 unspecified atom stereocenters. The molecule has 0 radical (unpaired) electrons. The SMILES string of the molecule is CC(C)CNC(=O)N[C@@H]1CCc2ccccc21. The van der Waals surface area contributed by atoms with Crippen LogP contribution < -0.4 is 10.6 Å². The third-order valence-corrected chi connectivity index (χ3v) is 3.11. The molecule has 1 aromatic rings. The highest BCUT2D eigenvalue weighted by Gasteiger charge is 2.23. The first-order chi connectivity index (χ1) is 8.16. The summed E-state index contributed by atoms with van der Waals surface area (Å²) in [6.07, 6.45) is 2.07. The van der Waals surface area contributed by atoms with Gasteiger partial charge < -0.3 is 10.6 Å². The van der Waals surface area contributed by atoms with Gasteiger partial charge in [-0.25, -0.2) is 4.79 Å². The summed E-state index contributed by atoms with van der Waals surface area (Å²) in [6.45, 7) is 4.90. The number of urea groups is 1. The number of carbonyl (C=O) groups is 1. The smallest absolute Gasteiger partial charge is 0.315 e. The first kappa shape index (κ1) is 12.0. The van der Waals surface area contributed by atoms with Gasteiger partial charge in [0.25, 0.3) is 0 Å². The lowest BCUT2D eigenvalue weighted by atomic mass is 10.1. The van der Waals surface area contributed by atoms with Crippen molar-refractivity contribution in [2.24, 2.45) is 5.92 Å². The molecule has 2 rings (SSSR count). The number of aryl methyl sites for hydroxylation is 1. The van der Waals surface area contributed by atoms with E-state index in [9.17, 15) is 4.79 Å². The molecule has 1 aromatic carbocycles. The van der Waals surface area contributed by atoms with Gasteiger partial charge in [0.15, 0.2) is 0 Å². The Balaban J connectivity index is 1.91. The van der Waals surface area contributed by atoms with Crippen molar-refractivity contribution in [3.05, 3.63) is 35.4 Å². The summed E-state index contributed by atoms with van der Waals surface area (Å²) in [4.78, 5) is 11.7. The average Bonchev–Trinajstić information content (AvgIpc) is 2.70. The zero-order valence-corrected chi connectivity index (χ0v) is 10.5. The maximum absolute atomic E-state index is 11.7. The number of hydrogen-bond donors (Lipinski definition) is 2. The second-order valence-corrected chi connectivity index (χ2v) is 5.04. The van der Waals surface area contributed by atoms with Gasteiger partial charge in [-0.1, -0.05) is 38.1 Å². The third kappa shape index (κ3) is 2.99. The van der Waals surface area contributed by atoms with Crippen LogP contribution in [0.4, 0.5) is 4.79 Å². The molecule has 1 aliphatic carbocycles. The van der Waals surface area contributed by atoms with E-state index in [1.807, 2.05) is 6.07 Å². The molecular formula is C14H20N2O. The zero-order chi connectivity index (χ0) is 12.3. The van der Waals surface area contributed by atoms with Crippen LogP contribution in [0.3, 0.4) is 0 Å². The highest BCUT2D eigenvalue weighted by molar-refractivity contribution is 5.74. The van der Waals surface area contributed by atoms with Crippen molar-refractivity contribution in [3.8, 4) is 0 Å². The van der Waals surface area contributed by atoms with Gasteiger partial charge in [-0.15, -0.1) is 0 Å². The van der Waals surface area contributed by atoms with Crippen LogP contribution in [0.2, 0.25) is 0 Å². The minimum absolute atomic E-state index is 0.0552. The van der Waals surface area contributed by atoms with E-state index in [1.165, 1.54) is 11.1 Å². The lowest BCUT2D eigenvalue weighted by molar-refractivity contribution is 0.235. The Morgan fingerprint density at radius 3 is 2.94 bits per heavy atom. The predicted octanol–water partition coefficient (Wildman–Crippen LogP) is 2.63. The number of hydrogen-bond acceptors (Lipinski definition) is 1. The Labute approximate surface area is 103 Å². The molecule has 0 fully saturated rings. The largest absolute Gasteiger partial charge is 0.338 e. The maximum Gasteiger partial charge on any atom is 0.315 e. The summed E-state index contributed by atoms with van der Waals surface area (Å²) < 4.78 is 0. The number of fused-ring (bicyclic) bond motifs is 1. The highest BCUT2D eigenvalue weighted by atomic mass is 16.2. The van der Waals surface area contributed by atoms with E-state index < -0.39 is 0 Å². The Bertz CT molecular complexity index is 401. The number of amides is 2. The van der Waals surface area contributed by atoms with E-state index in [-0.39, 0.29) is 12.1 Å². The molecule has 0 heterocycles. The molecule has 1 atom stereocenters. The van der Waals surface area contributed by atoms with E-state index in [2.05, 4.69) is 42.7 Å². The van der Waals surface area contributed by atoms with Crippen molar-refractivity contribution in [1.29, 1.82) is 0 Å². The normalized spacial score (nSPS) is 17.9. The molecule has 3 heteroatoms. The molecule has 2 N–H and O–H groups in total. The fraction of sp³-hybridized carbons (Fsp3) is 0.500. The van der Waals surface area contributed by atoms with Gasteiger partial charge in [0.1, 0.15) is 0 Å². The van der Waals surface area contributed by atoms with Crippen LogP contribution in [0.25, 0.3) is 0 Å². The lowest BCUT2D eigenvalue weighted by Gasteiger charge is -2.15. The molecule has 1 aliphatic rings. The average molecular weight is 232 g/mol. The Morgan fingerprint density at radius 2 is 2.18 bits per heavy atom. The minimum atomic E-state index is -0.0552. The van der Waals surface area contributed by atoms with Crippen LogP contribution in [-0.4, -0.2) is 12.6 Å². The Kier molecular flexibility index (Phi) is 3.67. The van der Waals surface area contributed by atoms with Gasteiger partial charge in [0.05, 0.1) is 6.04 Å². The number of benzene rings is 1. The zero-order valence-electron chi connectivity index (χ0n) is 10.5. The number of rotatable bonds is 3. The van der Waals surface area contributed by atoms with E-state index in [0.29, 0.717) is 5.92 Å². The van der Waals surface area contributed by atoms with Gasteiger partial charge in [0.2, 0.25) is 0 Å². The second kappa shape index (κ2) is 5.21. The van der Waals surface area contributed by atoms with Crippen LogP contribution >= 0.6 is 0 Å². The van der Waals surface area contributed by atoms with Crippen LogP contribution in [0.1, 0.15) is 37.4 Å². The summed E-state index contributed by atoms with van der Waals surface area (Å²) >= 11 is 0. The Hall–Kier alpha value is -1.51. The summed E-state index contributed by atoms with van der Waals surface area (Å²) in [5.74, 6) is 0.483. The molecule has 2 amide bonds. The highest BCUT2D eigenvalue weighted by Crippen LogP contribution is 2.30. The molecule has 0 bridgehead atoms. The Morgan fingerprint density at radius 1 is 1.41 bits per heavy atom. The molecular weight excluding hydrogens is 212 g/mol. The van der Waals surface area contributed by atoms with Crippen LogP contribution in [-0.2, 0) is 6.42 Å². The molecule has 0 saturated heterocycles. The van der Waals surface area contributed by atoms with Crippen molar-refractivity contribution in [3.63, 3.8) is 0 Å². The van der Waals surface area contributed by atoms with E-state index in [0.717, 1.165) is 19.4 Å². The fourth-order valence-electron chi connectivity index (χ4n) is 2.21. The summed E-state index contributed by atoms with van der Waals surface area (Å²) in [5, 5.41) is 5.93. The topological polar surface area (TPSA) is 41.1 Å². The van der Waals surface area contributed by atoms with Crippen molar-refractivity contribution in [1.82, 2.24) is 10.6 Å². The van der Waals surface area contributed by atoms with Crippen molar-refractivity contribution in [2.75, 3.05) is 6.54 Å². The van der Waals surface area contributed by atoms with E-state index in [1.54, 1.807) is 0 Å². The van der Waals surface area contributed by atoms with Crippen molar-refractivity contribution in [2.45, 2.75) is 32.7 Å². The quantitative estimate of drug-likeness (QED) is 0.826.